The predicted molar refractivity (Wildman–Crippen MR) is 84.0 cm³/mol. The zero-order chi connectivity index (χ0) is 12.7. The van der Waals surface area contributed by atoms with Crippen LogP contribution in [0.1, 0.15) is 36.0 Å². The lowest BCUT2D eigenvalue weighted by Gasteiger charge is -2.03. The summed E-state index contributed by atoms with van der Waals surface area (Å²) in [7, 11) is 0. The lowest BCUT2D eigenvalue weighted by molar-refractivity contribution is 0.0953. The van der Waals surface area contributed by atoms with Crippen LogP contribution in [0.4, 0.5) is 0 Å². The van der Waals surface area contributed by atoms with E-state index in [1.807, 2.05) is 0 Å². The summed E-state index contributed by atoms with van der Waals surface area (Å²) in [5, 5.41) is 2.85. The van der Waals surface area contributed by atoms with Gasteiger partial charge >= 0.3 is 0 Å². The first-order chi connectivity index (χ1) is 8.15. The molecule has 0 aromatic carbocycles. The molecule has 17 heavy (non-hydrogen) atoms. The van der Waals surface area contributed by atoms with Crippen molar-refractivity contribution in [2.75, 3.05) is 11.0 Å². The second-order valence-electron chi connectivity index (χ2n) is 3.60. The molecule has 6 heteroatoms. The van der Waals surface area contributed by atoms with Crippen LogP contribution in [0.25, 0.3) is 0 Å². The molecule has 0 bridgehead atoms. The lowest BCUT2D eigenvalue weighted by Crippen LogP contribution is -2.24. The molecule has 1 aromatic rings. The monoisotopic (exact) mass is 405 g/mol. The summed E-state index contributed by atoms with van der Waals surface area (Å²) in [5.41, 5.74) is 0.480. The van der Waals surface area contributed by atoms with Gasteiger partial charge in [0.2, 0.25) is 0 Å². The Balaban J connectivity index is 2.23. The largest absolute Gasteiger partial charge is 0.352 e. The Morgan fingerprint density at radius 1 is 1.29 bits per heavy atom. The van der Waals surface area contributed by atoms with Crippen molar-refractivity contribution in [3.05, 3.63) is 20.3 Å². The van der Waals surface area contributed by atoms with E-state index < -0.39 is 0 Å². The summed E-state index contributed by atoms with van der Waals surface area (Å²) >= 11 is 15.3. The molecule has 96 valence electrons. The van der Waals surface area contributed by atoms with Crippen LogP contribution >= 0.6 is 57.1 Å². The molecule has 0 aliphatic heterocycles. The fourth-order valence-electron chi connectivity index (χ4n) is 1.37. The predicted octanol–water partition coefficient (Wildman–Crippen LogP) is 4.78. The molecule has 0 atom stereocenters. The van der Waals surface area contributed by atoms with E-state index in [0.29, 0.717) is 20.8 Å². The first kappa shape index (κ1) is 15.5. The number of hydrogen-bond acceptors (Lipinski definition) is 2. The zero-order valence-corrected chi connectivity index (χ0v) is 13.8. The third-order valence-electron chi connectivity index (χ3n) is 2.25. The molecule has 0 aliphatic carbocycles. The Labute approximate surface area is 129 Å². The molecule has 1 heterocycles. The molecule has 0 radical (unpaired) electrons. The molecule has 0 saturated carbocycles. The summed E-state index contributed by atoms with van der Waals surface area (Å²) in [4.78, 5) is 11.7. The van der Waals surface area contributed by atoms with Crippen LogP contribution in [0.15, 0.2) is 6.07 Å². The zero-order valence-electron chi connectivity index (χ0n) is 9.27. The van der Waals surface area contributed by atoms with E-state index in [4.69, 9.17) is 23.2 Å². The number of carbonyl (C=O) groups excluding carboxylic acids is 1. The molecule has 0 fully saturated rings. The van der Waals surface area contributed by atoms with Crippen molar-refractivity contribution in [2.45, 2.75) is 25.7 Å². The first-order valence-electron chi connectivity index (χ1n) is 5.44. The van der Waals surface area contributed by atoms with Gasteiger partial charge in [0, 0.05) is 6.54 Å². The van der Waals surface area contributed by atoms with Crippen LogP contribution in [-0.4, -0.2) is 16.9 Å². The number of unbranched alkanes of at least 4 members (excludes halogenated alkanes) is 3. The highest BCUT2D eigenvalue weighted by Gasteiger charge is 2.13. The Morgan fingerprint density at radius 2 is 2.00 bits per heavy atom. The Bertz CT molecular complexity index is 370. The van der Waals surface area contributed by atoms with Crippen molar-refractivity contribution in [2.24, 2.45) is 0 Å². The summed E-state index contributed by atoms with van der Waals surface area (Å²) in [6.07, 6.45) is 4.64. The van der Waals surface area contributed by atoms with Gasteiger partial charge in [-0.2, -0.15) is 0 Å². The molecule has 2 nitrogen and oxygen atoms in total. The summed E-state index contributed by atoms with van der Waals surface area (Å²) in [6, 6.07) is 1.61. The second kappa shape index (κ2) is 8.56. The molecule has 1 amide bonds. The Morgan fingerprint density at radius 3 is 2.59 bits per heavy atom. The molecular formula is C11H14Cl2INOS. The standard InChI is InChI=1S/C11H14Cl2INOS/c12-9-7-8(10(13)17-9)11(16)15-6-4-2-1-3-5-14/h7H,1-6H2,(H,15,16). The average molecular weight is 406 g/mol. The number of carbonyl (C=O) groups is 1. The van der Waals surface area contributed by atoms with E-state index in [9.17, 15) is 4.79 Å². The first-order valence-corrected chi connectivity index (χ1v) is 8.54. The van der Waals surface area contributed by atoms with Crippen LogP contribution in [0.3, 0.4) is 0 Å². The third-order valence-corrected chi connectivity index (χ3v) is 4.50. The minimum absolute atomic E-state index is 0.132. The summed E-state index contributed by atoms with van der Waals surface area (Å²) < 4.78 is 2.20. The molecule has 0 spiro atoms. The van der Waals surface area contributed by atoms with Gasteiger partial charge in [0.1, 0.15) is 4.34 Å². The normalized spacial score (nSPS) is 10.5. The smallest absolute Gasteiger partial charge is 0.253 e. The highest BCUT2D eigenvalue weighted by Crippen LogP contribution is 2.30. The highest BCUT2D eigenvalue weighted by atomic mass is 127. The highest BCUT2D eigenvalue weighted by molar-refractivity contribution is 14.1. The number of amides is 1. The Kier molecular flexibility index (Phi) is 7.82. The number of thiophene rings is 1. The minimum atomic E-state index is -0.132. The van der Waals surface area contributed by atoms with Gasteiger partial charge in [0.25, 0.3) is 5.91 Å². The minimum Gasteiger partial charge on any atom is -0.352 e. The van der Waals surface area contributed by atoms with E-state index in [2.05, 4.69) is 27.9 Å². The number of rotatable bonds is 7. The van der Waals surface area contributed by atoms with Gasteiger partial charge < -0.3 is 5.32 Å². The fraction of sp³-hybridized carbons (Fsp3) is 0.545. The summed E-state index contributed by atoms with van der Waals surface area (Å²) in [6.45, 7) is 0.698. The van der Waals surface area contributed by atoms with Crippen LogP contribution in [0.2, 0.25) is 8.67 Å². The molecule has 1 N–H and O–H groups in total. The maximum absolute atomic E-state index is 11.7. The van der Waals surface area contributed by atoms with Gasteiger partial charge in [-0.15, -0.1) is 11.3 Å². The molecule has 0 aliphatic rings. The third kappa shape index (κ3) is 5.77. The van der Waals surface area contributed by atoms with Gasteiger partial charge in [-0.1, -0.05) is 58.6 Å². The van der Waals surface area contributed by atoms with E-state index in [1.165, 1.54) is 28.6 Å². The van der Waals surface area contributed by atoms with Gasteiger partial charge in [-0.3, -0.25) is 4.79 Å². The van der Waals surface area contributed by atoms with Crippen molar-refractivity contribution in [1.29, 1.82) is 0 Å². The molecule has 0 unspecified atom stereocenters. The Hall–Kier alpha value is 0.480. The van der Waals surface area contributed by atoms with E-state index in [0.717, 1.165) is 12.8 Å². The van der Waals surface area contributed by atoms with Crippen LogP contribution in [-0.2, 0) is 0 Å². The molecule has 1 rings (SSSR count). The molecule has 0 saturated heterocycles. The summed E-state index contributed by atoms with van der Waals surface area (Å²) in [5.74, 6) is -0.132. The number of nitrogens with one attached hydrogen (secondary N) is 1. The van der Waals surface area contributed by atoms with Crippen molar-refractivity contribution in [3.8, 4) is 0 Å². The van der Waals surface area contributed by atoms with E-state index >= 15 is 0 Å². The van der Waals surface area contributed by atoms with Crippen molar-refractivity contribution < 1.29 is 4.79 Å². The lowest BCUT2D eigenvalue weighted by atomic mass is 10.2. The van der Waals surface area contributed by atoms with Crippen LogP contribution < -0.4 is 5.32 Å². The maximum atomic E-state index is 11.7. The van der Waals surface area contributed by atoms with E-state index in [1.54, 1.807) is 6.07 Å². The van der Waals surface area contributed by atoms with E-state index in [-0.39, 0.29) is 5.91 Å². The molecular weight excluding hydrogens is 392 g/mol. The van der Waals surface area contributed by atoms with Crippen LogP contribution in [0, 0.1) is 0 Å². The number of hydrogen-bond donors (Lipinski definition) is 1. The van der Waals surface area contributed by atoms with Crippen molar-refractivity contribution >= 4 is 63.0 Å². The number of alkyl halides is 1. The topological polar surface area (TPSA) is 29.1 Å². The fourth-order valence-corrected chi connectivity index (χ4v) is 3.36. The van der Waals surface area contributed by atoms with Crippen molar-refractivity contribution in [1.82, 2.24) is 5.32 Å². The van der Waals surface area contributed by atoms with Crippen LogP contribution in [0.5, 0.6) is 0 Å². The maximum Gasteiger partial charge on any atom is 0.253 e. The molecule has 1 aromatic heterocycles. The van der Waals surface area contributed by atoms with Crippen molar-refractivity contribution in [3.63, 3.8) is 0 Å². The number of halogens is 3. The average Bonchev–Trinajstić information content (AvgIpc) is 2.62. The quantitative estimate of drug-likeness (QED) is 0.394. The second-order valence-corrected chi connectivity index (χ2v) is 6.96. The van der Waals surface area contributed by atoms with Gasteiger partial charge in [-0.05, 0) is 23.3 Å². The van der Waals surface area contributed by atoms with Gasteiger partial charge in [0.05, 0.1) is 9.90 Å². The van der Waals surface area contributed by atoms with Gasteiger partial charge in [-0.25, -0.2) is 0 Å². The van der Waals surface area contributed by atoms with Gasteiger partial charge in [0.15, 0.2) is 0 Å². The SMILES string of the molecule is O=C(NCCCCCCI)c1cc(Cl)sc1Cl.